The van der Waals surface area contributed by atoms with Gasteiger partial charge in [0.2, 0.25) is 5.76 Å². The van der Waals surface area contributed by atoms with Crippen LogP contribution in [0.25, 0.3) is 0 Å². The summed E-state index contributed by atoms with van der Waals surface area (Å²) >= 11 is 0. The van der Waals surface area contributed by atoms with Gasteiger partial charge in [-0.3, -0.25) is 4.79 Å². The second-order valence-corrected chi connectivity index (χ2v) is 5.66. The normalized spacial score (nSPS) is 26.1. The van der Waals surface area contributed by atoms with E-state index in [0.717, 1.165) is 32.5 Å². The lowest BCUT2D eigenvalue weighted by molar-refractivity contribution is -0.172. The number of aromatic nitrogens is 1. The average molecular weight is 265 g/mol. The van der Waals surface area contributed by atoms with Crippen molar-refractivity contribution < 1.29 is 14.1 Å². The van der Waals surface area contributed by atoms with Crippen molar-refractivity contribution in [2.24, 2.45) is 5.92 Å². The van der Waals surface area contributed by atoms with Gasteiger partial charge in [0.05, 0.1) is 18.4 Å². The summed E-state index contributed by atoms with van der Waals surface area (Å²) in [6, 6.07) is 1.56. The summed E-state index contributed by atoms with van der Waals surface area (Å²) in [5.74, 6) is 0.443. The molecule has 2 fully saturated rings. The molecular formula is C13H19N3O3. The molecule has 1 N–H and O–H groups in total. The maximum atomic E-state index is 11.7. The van der Waals surface area contributed by atoms with Gasteiger partial charge >= 0.3 is 0 Å². The minimum atomic E-state index is -0.207. The van der Waals surface area contributed by atoms with E-state index in [0.29, 0.717) is 12.5 Å². The SMILES string of the molecule is CN1CC2(CC[C@H](CNC(=O)c3ccno3)CO2)C1. The fourth-order valence-corrected chi connectivity index (χ4v) is 2.92. The molecule has 0 aromatic carbocycles. The molecule has 0 bridgehead atoms. The summed E-state index contributed by atoms with van der Waals surface area (Å²) in [6.45, 7) is 3.42. The number of carbonyl (C=O) groups is 1. The van der Waals surface area contributed by atoms with Gasteiger partial charge in [0.25, 0.3) is 5.91 Å². The predicted molar refractivity (Wildman–Crippen MR) is 67.7 cm³/mol. The Balaban J connectivity index is 1.42. The number of nitrogens with one attached hydrogen (secondary N) is 1. The first-order chi connectivity index (χ1) is 9.17. The molecule has 1 aromatic rings. The Labute approximate surface area is 112 Å². The van der Waals surface area contributed by atoms with Crippen molar-refractivity contribution in [3.05, 3.63) is 18.0 Å². The second kappa shape index (κ2) is 4.94. The largest absolute Gasteiger partial charge is 0.372 e. The highest BCUT2D eigenvalue weighted by molar-refractivity contribution is 5.91. The fourth-order valence-electron chi connectivity index (χ4n) is 2.92. The molecule has 6 heteroatoms. The van der Waals surface area contributed by atoms with Crippen LogP contribution in [0, 0.1) is 5.92 Å². The molecule has 2 aliphatic heterocycles. The maximum Gasteiger partial charge on any atom is 0.289 e. The van der Waals surface area contributed by atoms with Crippen LogP contribution in [0.3, 0.4) is 0 Å². The van der Waals surface area contributed by atoms with Gasteiger partial charge in [-0.2, -0.15) is 0 Å². The van der Waals surface area contributed by atoms with Crippen LogP contribution in [0.1, 0.15) is 23.4 Å². The Morgan fingerprint density at radius 3 is 3.05 bits per heavy atom. The molecule has 0 aliphatic carbocycles. The zero-order valence-corrected chi connectivity index (χ0v) is 11.1. The van der Waals surface area contributed by atoms with Gasteiger partial charge in [-0.05, 0) is 25.8 Å². The van der Waals surface area contributed by atoms with Crippen molar-refractivity contribution in [3.63, 3.8) is 0 Å². The first kappa shape index (κ1) is 12.6. The Morgan fingerprint density at radius 1 is 1.63 bits per heavy atom. The number of carbonyl (C=O) groups excluding carboxylic acids is 1. The molecular weight excluding hydrogens is 246 g/mol. The molecule has 3 heterocycles. The highest BCUT2D eigenvalue weighted by atomic mass is 16.5. The van der Waals surface area contributed by atoms with Crippen molar-refractivity contribution in [2.75, 3.05) is 33.3 Å². The van der Waals surface area contributed by atoms with Crippen LogP contribution < -0.4 is 5.32 Å². The molecule has 2 aliphatic rings. The van der Waals surface area contributed by atoms with Crippen LogP contribution >= 0.6 is 0 Å². The Morgan fingerprint density at radius 2 is 2.47 bits per heavy atom. The fraction of sp³-hybridized carbons (Fsp3) is 0.692. The van der Waals surface area contributed by atoms with Crippen molar-refractivity contribution in [1.29, 1.82) is 0 Å². The standard InChI is InChI=1S/C13H19N3O3/c1-16-8-13(9-16)4-2-10(7-18-13)6-14-12(17)11-3-5-15-19-11/h3,5,10H,2,4,6-9H2,1H3,(H,14,17)/t10-/m1/s1. The molecule has 19 heavy (non-hydrogen) atoms. The molecule has 2 saturated heterocycles. The van der Waals surface area contributed by atoms with Crippen molar-refractivity contribution in [3.8, 4) is 0 Å². The highest BCUT2D eigenvalue weighted by Gasteiger charge is 2.44. The number of rotatable bonds is 3. The molecule has 1 atom stereocenters. The van der Waals surface area contributed by atoms with Crippen LogP contribution in [-0.4, -0.2) is 54.9 Å². The van der Waals surface area contributed by atoms with E-state index in [-0.39, 0.29) is 17.3 Å². The van der Waals surface area contributed by atoms with E-state index in [1.165, 1.54) is 6.20 Å². The summed E-state index contributed by atoms with van der Waals surface area (Å²) in [5, 5.41) is 6.38. The number of nitrogens with zero attached hydrogens (tertiary/aromatic N) is 2. The first-order valence-electron chi connectivity index (χ1n) is 6.68. The van der Waals surface area contributed by atoms with Gasteiger partial charge in [-0.25, -0.2) is 0 Å². The maximum absolute atomic E-state index is 11.7. The minimum absolute atomic E-state index is 0.0974. The molecule has 1 aromatic heterocycles. The molecule has 0 unspecified atom stereocenters. The van der Waals surface area contributed by atoms with Crippen LogP contribution in [0.4, 0.5) is 0 Å². The van der Waals surface area contributed by atoms with Gasteiger partial charge in [0.15, 0.2) is 0 Å². The van der Waals surface area contributed by atoms with Crippen molar-refractivity contribution in [2.45, 2.75) is 18.4 Å². The summed E-state index contributed by atoms with van der Waals surface area (Å²) in [4.78, 5) is 14.0. The summed E-state index contributed by atoms with van der Waals surface area (Å²) < 4.78 is 10.8. The lowest BCUT2D eigenvalue weighted by atomic mass is 9.83. The van der Waals surface area contributed by atoms with E-state index in [1.54, 1.807) is 6.07 Å². The zero-order valence-electron chi connectivity index (χ0n) is 11.1. The number of amides is 1. The quantitative estimate of drug-likeness (QED) is 0.862. The van der Waals surface area contributed by atoms with Gasteiger partial charge in [0.1, 0.15) is 0 Å². The summed E-state index contributed by atoms with van der Waals surface area (Å²) in [6.07, 6.45) is 3.65. The Kier molecular flexibility index (Phi) is 3.28. The number of hydrogen-bond donors (Lipinski definition) is 1. The third-order valence-electron chi connectivity index (χ3n) is 3.96. The molecule has 6 nitrogen and oxygen atoms in total. The second-order valence-electron chi connectivity index (χ2n) is 5.66. The van der Waals surface area contributed by atoms with Gasteiger partial charge in [-0.1, -0.05) is 5.16 Å². The van der Waals surface area contributed by atoms with Crippen LogP contribution in [0.5, 0.6) is 0 Å². The number of hydrogen-bond acceptors (Lipinski definition) is 5. The van der Waals surface area contributed by atoms with Gasteiger partial charge in [-0.15, -0.1) is 0 Å². The van der Waals surface area contributed by atoms with E-state index in [1.807, 2.05) is 0 Å². The number of ether oxygens (including phenoxy) is 1. The van der Waals surface area contributed by atoms with Crippen LogP contribution in [-0.2, 0) is 4.74 Å². The lowest BCUT2D eigenvalue weighted by Gasteiger charge is -2.51. The third-order valence-corrected chi connectivity index (χ3v) is 3.96. The third kappa shape index (κ3) is 2.64. The lowest BCUT2D eigenvalue weighted by Crippen LogP contribution is -2.63. The predicted octanol–water partition coefficient (Wildman–Crippen LogP) is 0.515. The number of likely N-dealkylation sites (N-methyl/N-ethyl adjacent to an activating group) is 1. The highest BCUT2D eigenvalue weighted by Crippen LogP contribution is 2.34. The van der Waals surface area contributed by atoms with Crippen LogP contribution in [0.15, 0.2) is 16.8 Å². The monoisotopic (exact) mass is 265 g/mol. The van der Waals surface area contributed by atoms with Crippen molar-refractivity contribution >= 4 is 5.91 Å². The Hall–Kier alpha value is -1.40. The van der Waals surface area contributed by atoms with E-state index in [4.69, 9.17) is 9.26 Å². The topological polar surface area (TPSA) is 67.6 Å². The average Bonchev–Trinajstić information content (AvgIpc) is 2.90. The molecule has 3 rings (SSSR count). The zero-order chi connectivity index (χ0) is 13.3. The summed E-state index contributed by atoms with van der Waals surface area (Å²) in [5.41, 5.74) is 0.0974. The van der Waals surface area contributed by atoms with E-state index < -0.39 is 0 Å². The van der Waals surface area contributed by atoms with E-state index in [9.17, 15) is 4.79 Å². The summed E-state index contributed by atoms with van der Waals surface area (Å²) in [7, 11) is 2.11. The van der Waals surface area contributed by atoms with E-state index >= 15 is 0 Å². The minimum Gasteiger partial charge on any atom is -0.372 e. The first-order valence-corrected chi connectivity index (χ1v) is 6.68. The molecule has 0 saturated carbocycles. The molecule has 0 radical (unpaired) electrons. The van der Waals surface area contributed by atoms with Gasteiger partial charge in [0, 0.05) is 25.7 Å². The molecule has 104 valence electrons. The van der Waals surface area contributed by atoms with Crippen LogP contribution in [0.2, 0.25) is 0 Å². The molecule has 1 spiro atoms. The van der Waals surface area contributed by atoms with Gasteiger partial charge < -0.3 is 19.5 Å². The Bertz CT molecular complexity index is 430. The smallest absolute Gasteiger partial charge is 0.289 e. The van der Waals surface area contributed by atoms with Crippen molar-refractivity contribution in [1.82, 2.24) is 15.4 Å². The molecule has 1 amide bonds. The number of likely N-dealkylation sites (tertiary alicyclic amines) is 1. The van der Waals surface area contributed by atoms with E-state index in [2.05, 4.69) is 22.4 Å².